The number of nitrogens with zero attached hydrogens (tertiary/aromatic N) is 1. The third-order valence-electron chi connectivity index (χ3n) is 4.53. The van der Waals surface area contributed by atoms with Crippen LogP contribution >= 0.6 is 0 Å². The van der Waals surface area contributed by atoms with Gasteiger partial charge in [0.05, 0.1) is 0 Å². The molecule has 0 aliphatic heterocycles. The topological polar surface area (TPSA) is 23.5 Å². The van der Waals surface area contributed by atoms with Gasteiger partial charge < -0.3 is 10.0 Å². The minimum absolute atomic E-state index is 0.219. The highest BCUT2D eigenvalue weighted by molar-refractivity contribution is 4.92. The molecule has 2 aliphatic carbocycles. The molecule has 0 heterocycles. The van der Waals surface area contributed by atoms with E-state index in [1.54, 1.807) is 0 Å². The van der Waals surface area contributed by atoms with Gasteiger partial charge in [-0.25, -0.2) is 0 Å². The van der Waals surface area contributed by atoms with Crippen LogP contribution in [0.2, 0.25) is 0 Å². The number of rotatable bonds is 5. The smallest absolute Gasteiger partial charge is 0.0499 e. The fourth-order valence-corrected chi connectivity index (χ4v) is 3.48. The lowest BCUT2D eigenvalue weighted by molar-refractivity contribution is 0.0229. The highest BCUT2D eigenvalue weighted by Gasteiger charge is 2.39. The lowest BCUT2D eigenvalue weighted by Crippen LogP contribution is -2.43. The molecular formula is C14H27NO. The predicted molar refractivity (Wildman–Crippen MR) is 67.4 cm³/mol. The summed E-state index contributed by atoms with van der Waals surface area (Å²) in [6.45, 7) is 7.28. The second-order valence-corrected chi connectivity index (χ2v) is 6.15. The van der Waals surface area contributed by atoms with E-state index in [4.69, 9.17) is 0 Å². The first kappa shape index (κ1) is 12.4. The van der Waals surface area contributed by atoms with Crippen molar-refractivity contribution in [3.05, 3.63) is 0 Å². The van der Waals surface area contributed by atoms with Crippen molar-refractivity contribution in [2.45, 2.75) is 58.4 Å². The van der Waals surface area contributed by atoms with Crippen LogP contribution in [0.1, 0.15) is 52.4 Å². The average molecular weight is 225 g/mol. The number of hydrogen-bond acceptors (Lipinski definition) is 2. The van der Waals surface area contributed by atoms with Crippen LogP contribution in [0.4, 0.5) is 0 Å². The maximum absolute atomic E-state index is 9.78. The van der Waals surface area contributed by atoms with Gasteiger partial charge >= 0.3 is 0 Å². The van der Waals surface area contributed by atoms with Crippen LogP contribution in [0, 0.1) is 11.3 Å². The molecule has 94 valence electrons. The van der Waals surface area contributed by atoms with Gasteiger partial charge in [-0.3, -0.25) is 0 Å². The molecule has 0 aromatic carbocycles. The third kappa shape index (κ3) is 2.78. The van der Waals surface area contributed by atoms with Crippen molar-refractivity contribution in [1.29, 1.82) is 0 Å². The van der Waals surface area contributed by atoms with E-state index in [-0.39, 0.29) is 5.41 Å². The van der Waals surface area contributed by atoms with Crippen molar-refractivity contribution in [3.63, 3.8) is 0 Å². The second kappa shape index (κ2) is 5.05. The fraction of sp³-hybridized carbons (Fsp3) is 1.00. The Bertz CT molecular complexity index is 227. The Morgan fingerprint density at radius 3 is 2.56 bits per heavy atom. The monoisotopic (exact) mass is 225 g/mol. The van der Waals surface area contributed by atoms with E-state index < -0.39 is 0 Å². The summed E-state index contributed by atoms with van der Waals surface area (Å²) in [5.41, 5.74) is 0.219. The fourth-order valence-electron chi connectivity index (χ4n) is 3.48. The minimum Gasteiger partial charge on any atom is -0.396 e. The van der Waals surface area contributed by atoms with Gasteiger partial charge in [-0.05, 0) is 38.1 Å². The van der Waals surface area contributed by atoms with Crippen molar-refractivity contribution in [1.82, 2.24) is 4.90 Å². The summed E-state index contributed by atoms with van der Waals surface area (Å²) in [5, 5.41) is 9.78. The molecule has 2 fully saturated rings. The van der Waals surface area contributed by atoms with E-state index in [2.05, 4.69) is 18.7 Å². The summed E-state index contributed by atoms with van der Waals surface area (Å²) in [6.07, 6.45) is 7.89. The minimum atomic E-state index is 0.219. The van der Waals surface area contributed by atoms with Gasteiger partial charge in [0.2, 0.25) is 0 Å². The van der Waals surface area contributed by atoms with Gasteiger partial charge in [-0.1, -0.05) is 26.7 Å². The zero-order valence-electron chi connectivity index (χ0n) is 10.9. The van der Waals surface area contributed by atoms with Gasteiger partial charge in [-0.15, -0.1) is 0 Å². The third-order valence-corrected chi connectivity index (χ3v) is 4.53. The van der Waals surface area contributed by atoms with E-state index in [9.17, 15) is 5.11 Å². The highest BCUT2D eigenvalue weighted by atomic mass is 16.3. The molecule has 0 amide bonds. The molecule has 2 aliphatic rings. The number of aliphatic hydroxyl groups is 1. The molecule has 0 aromatic rings. The Morgan fingerprint density at radius 1 is 1.31 bits per heavy atom. The lowest BCUT2D eigenvalue weighted by atomic mass is 9.70. The number of aliphatic hydroxyl groups excluding tert-OH is 1. The average Bonchev–Trinajstić information content (AvgIpc) is 3.10. The molecule has 0 saturated heterocycles. The Hall–Kier alpha value is -0.0800. The largest absolute Gasteiger partial charge is 0.396 e. The maximum Gasteiger partial charge on any atom is 0.0499 e. The van der Waals surface area contributed by atoms with Gasteiger partial charge in [0.15, 0.2) is 0 Å². The van der Waals surface area contributed by atoms with Gasteiger partial charge in [-0.2, -0.15) is 0 Å². The van der Waals surface area contributed by atoms with Crippen LogP contribution in [0.25, 0.3) is 0 Å². The van der Waals surface area contributed by atoms with Gasteiger partial charge in [0.1, 0.15) is 0 Å². The van der Waals surface area contributed by atoms with Gasteiger partial charge in [0, 0.05) is 24.6 Å². The Kier molecular flexibility index (Phi) is 3.91. The van der Waals surface area contributed by atoms with Crippen molar-refractivity contribution >= 4 is 0 Å². The number of hydrogen-bond donors (Lipinski definition) is 1. The molecule has 2 saturated carbocycles. The van der Waals surface area contributed by atoms with E-state index in [0.29, 0.717) is 6.61 Å². The normalized spacial score (nSPS) is 35.6. The van der Waals surface area contributed by atoms with Crippen LogP contribution in [0.15, 0.2) is 0 Å². The molecule has 2 heteroatoms. The molecule has 2 rings (SSSR count). The van der Waals surface area contributed by atoms with Crippen molar-refractivity contribution in [2.24, 2.45) is 11.3 Å². The summed E-state index contributed by atoms with van der Waals surface area (Å²) < 4.78 is 0. The summed E-state index contributed by atoms with van der Waals surface area (Å²) in [6, 6.07) is 0.839. The maximum atomic E-state index is 9.78. The molecule has 0 aromatic heterocycles. The second-order valence-electron chi connectivity index (χ2n) is 6.15. The van der Waals surface area contributed by atoms with Crippen LogP contribution in [-0.4, -0.2) is 35.7 Å². The van der Waals surface area contributed by atoms with E-state index >= 15 is 0 Å². The van der Waals surface area contributed by atoms with Crippen molar-refractivity contribution in [2.75, 3.05) is 19.7 Å². The van der Waals surface area contributed by atoms with Crippen LogP contribution in [0.5, 0.6) is 0 Å². The summed E-state index contributed by atoms with van der Waals surface area (Å²) in [4.78, 5) is 2.61. The Labute approximate surface area is 100 Å². The van der Waals surface area contributed by atoms with Crippen molar-refractivity contribution < 1.29 is 5.11 Å². The molecule has 2 unspecified atom stereocenters. The van der Waals surface area contributed by atoms with Crippen molar-refractivity contribution in [3.8, 4) is 0 Å². The molecule has 2 nitrogen and oxygen atoms in total. The Morgan fingerprint density at radius 2 is 2.06 bits per heavy atom. The zero-order valence-corrected chi connectivity index (χ0v) is 10.9. The first-order chi connectivity index (χ1) is 7.69. The van der Waals surface area contributed by atoms with Gasteiger partial charge in [0.25, 0.3) is 0 Å². The lowest BCUT2D eigenvalue weighted by Gasteiger charge is -2.42. The van der Waals surface area contributed by atoms with E-state index in [0.717, 1.165) is 25.0 Å². The first-order valence-corrected chi connectivity index (χ1v) is 7.04. The molecule has 1 N–H and O–H groups in total. The summed E-state index contributed by atoms with van der Waals surface area (Å²) >= 11 is 0. The molecule has 0 radical (unpaired) electrons. The zero-order chi connectivity index (χ0) is 11.6. The van der Waals surface area contributed by atoms with Crippen LogP contribution < -0.4 is 0 Å². The molecule has 0 bridgehead atoms. The summed E-state index contributed by atoms with van der Waals surface area (Å²) in [7, 11) is 0. The summed E-state index contributed by atoms with van der Waals surface area (Å²) in [5.74, 6) is 0.804. The van der Waals surface area contributed by atoms with E-state index in [1.807, 2.05) is 0 Å². The molecule has 2 atom stereocenters. The quantitative estimate of drug-likeness (QED) is 0.777. The molecule has 0 spiro atoms. The van der Waals surface area contributed by atoms with Crippen LogP contribution in [-0.2, 0) is 0 Å². The SMILES string of the molecule is CCN(CC1(CO)CCCC(C)C1)C1CC1. The molecule has 16 heavy (non-hydrogen) atoms. The first-order valence-electron chi connectivity index (χ1n) is 7.04. The Balaban J connectivity index is 1.96. The predicted octanol–water partition coefficient (Wildman–Crippen LogP) is 2.66. The van der Waals surface area contributed by atoms with Crippen LogP contribution in [0.3, 0.4) is 0 Å². The highest BCUT2D eigenvalue weighted by Crippen LogP contribution is 2.41. The standard InChI is InChI=1S/C14H27NO/c1-3-15(13-6-7-13)10-14(11-16)8-4-5-12(2)9-14/h12-13,16H,3-11H2,1-2H3. The van der Waals surface area contributed by atoms with E-state index in [1.165, 1.54) is 38.5 Å². The molecular weight excluding hydrogens is 198 g/mol.